The normalized spacial score (nSPS) is 14.0. The van der Waals surface area contributed by atoms with Gasteiger partial charge in [-0.2, -0.15) is 0 Å². The van der Waals surface area contributed by atoms with Gasteiger partial charge in [0.15, 0.2) is 0 Å². The number of hydrogen-bond acceptors (Lipinski definition) is 6. The zero-order chi connectivity index (χ0) is 20.6. The van der Waals surface area contributed by atoms with Gasteiger partial charge in [0.05, 0.1) is 32.4 Å². The molecule has 0 aliphatic carbocycles. The summed E-state index contributed by atoms with van der Waals surface area (Å²) in [6.07, 6.45) is 0. The number of likely N-dealkylation sites (N-methyl/N-ethyl adjacent to an activating group) is 1. The molecule has 0 saturated carbocycles. The highest BCUT2D eigenvalue weighted by atomic mass is 16.5. The smallest absolute Gasteiger partial charge is 0.337 e. The summed E-state index contributed by atoms with van der Waals surface area (Å²) in [4.78, 5) is 28.2. The zero-order valence-electron chi connectivity index (χ0n) is 16.9. The minimum absolute atomic E-state index is 0.0873. The number of morpholine rings is 1. The van der Waals surface area contributed by atoms with E-state index in [4.69, 9.17) is 9.47 Å². The molecule has 1 heterocycles. The molecule has 1 N–H and O–H groups in total. The second kappa shape index (κ2) is 10.0. The van der Waals surface area contributed by atoms with Gasteiger partial charge < -0.3 is 19.7 Å². The first-order valence-corrected chi connectivity index (χ1v) is 9.63. The van der Waals surface area contributed by atoms with Crippen molar-refractivity contribution in [3.63, 3.8) is 0 Å². The summed E-state index contributed by atoms with van der Waals surface area (Å²) in [5.41, 5.74) is 3.35. The Morgan fingerprint density at radius 1 is 1.14 bits per heavy atom. The van der Waals surface area contributed by atoms with E-state index in [1.165, 1.54) is 7.11 Å². The molecule has 29 heavy (non-hydrogen) atoms. The quantitative estimate of drug-likeness (QED) is 0.724. The van der Waals surface area contributed by atoms with Crippen molar-refractivity contribution in [1.29, 1.82) is 0 Å². The Kier molecular flexibility index (Phi) is 7.21. The Bertz CT molecular complexity index is 832. The van der Waals surface area contributed by atoms with Gasteiger partial charge in [0.2, 0.25) is 5.91 Å². The molecule has 2 aromatic rings. The Morgan fingerprint density at radius 3 is 2.55 bits per heavy atom. The van der Waals surface area contributed by atoms with Crippen LogP contribution in [-0.4, -0.2) is 63.8 Å². The predicted molar refractivity (Wildman–Crippen MR) is 112 cm³/mol. The average Bonchev–Trinajstić information content (AvgIpc) is 2.74. The molecule has 1 aliphatic rings. The van der Waals surface area contributed by atoms with Crippen LogP contribution in [0.5, 0.6) is 0 Å². The van der Waals surface area contributed by atoms with Crippen LogP contribution in [0.15, 0.2) is 48.5 Å². The number of nitrogens with one attached hydrogen (secondary N) is 1. The highest BCUT2D eigenvalue weighted by Crippen LogP contribution is 2.19. The van der Waals surface area contributed by atoms with E-state index in [2.05, 4.69) is 10.2 Å². The van der Waals surface area contributed by atoms with Crippen LogP contribution >= 0.6 is 0 Å². The molecule has 0 aromatic heterocycles. The number of nitrogens with zero attached hydrogens (tertiary/aromatic N) is 2. The summed E-state index contributed by atoms with van der Waals surface area (Å²) in [6.45, 7) is 4.05. The average molecular weight is 397 g/mol. The molecule has 1 aliphatic heterocycles. The van der Waals surface area contributed by atoms with Gasteiger partial charge in [0.25, 0.3) is 0 Å². The summed E-state index contributed by atoms with van der Waals surface area (Å²) < 4.78 is 10.1. The van der Waals surface area contributed by atoms with Gasteiger partial charge in [0, 0.05) is 31.0 Å². The molecule has 3 rings (SSSR count). The maximum Gasteiger partial charge on any atom is 0.337 e. The molecule has 2 aromatic carbocycles. The third-order valence-corrected chi connectivity index (χ3v) is 4.74. The number of carbonyl (C=O) groups excluding carboxylic acids is 2. The molecule has 1 amide bonds. The number of esters is 1. The second-order valence-corrected chi connectivity index (χ2v) is 7.06. The zero-order valence-corrected chi connectivity index (χ0v) is 16.9. The number of anilines is 2. The minimum Gasteiger partial charge on any atom is -0.465 e. The van der Waals surface area contributed by atoms with Crippen molar-refractivity contribution < 1.29 is 19.1 Å². The van der Waals surface area contributed by atoms with Gasteiger partial charge >= 0.3 is 5.97 Å². The maximum atomic E-state index is 12.4. The van der Waals surface area contributed by atoms with Crippen molar-refractivity contribution in [2.24, 2.45) is 0 Å². The number of rotatable bonds is 7. The van der Waals surface area contributed by atoms with Crippen molar-refractivity contribution >= 4 is 23.3 Å². The van der Waals surface area contributed by atoms with Gasteiger partial charge in [-0.15, -0.1) is 0 Å². The van der Waals surface area contributed by atoms with Gasteiger partial charge in [-0.1, -0.05) is 12.1 Å². The summed E-state index contributed by atoms with van der Waals surface area (Å²) in [7, 11) is 3.23. The van der Waals surface area contributed by atoms with Gasteiger partial charge in [-0.3, -0.25) is 9.69 Å². The molecule has 154 valence electrons. The van der Waals surface area contributed by atoms with E-state index in [0.717, 1.165) is 43.2 Å². The van der Waals surface area contributed by atoms with Gasteiger partial charge in [-0.05, 0) is 49.0 Å². The number of carbonyl (C=O) groups is 2. The maximum absolute atomic E-state index is 12.4. The Hall–Kier alpha value is -2.90. The van der Waals surface area contributed by atoms with E-state index in [1.54, 1.807) is 12.1 Å². The lowest BCUT2D eigenvalue weighted by molar-refractivity contribution is -0.117. The van der Waals surface area contributed by atoms with Crippen LogP contribution in [0, 0.1) is 0 Å². The summed E-state index contributed by atoms with van der Waals surface area (Å²) >= 11 is 0. The van der Waals surface area contributed by atoms with Crippen LogP contribution < -0.4 is 10.2 Å². The van der Waals surface area contributed by atoms with E-state index in [0.29, 0.717) is 12.1 Å². The standard InChI is InChI=1S/C22H27N3O4/c1-24(15-17-4-3-5-18(14-17)22(27)28-2)16-21(26)23-19-6-8-20(9-7-19)25-10-12-29-13-11-25/h3-9,14H,10-13,15-16H2,1-2H3,(H,23,26). The topological polar surface area (TPSA) is 71.1 Å². The van der Waals surface area contributed by atoms with E-state index in [9.17, 15) is 9.59 Å². The Labute approximate surface area is 171 Å². The lowest BCUT2D eigenvalue weighted by Gasteiger charge is -2.28. The first kappa shape index (κ1) is 20.8. The van der Waals surface area contributed by atoms with Crippen molar-refractivity contribution in [3.05, 3.63) is 59.7 Å². The molecular formula is C22H27N3O4. The van der Waals surface area contributed by atoms with E-state index in [-0.39, 0.29) is 18.4 Å². The van der Waals surface area contributed by atoms with E-state index in [1.807, 2.05) is 48.3 Å². The van der Waals surface area contributed by atoms with Crippen LogP contribution in [0.4, 0.5) is 11.4 Å². The largest absolute Gasteiger partial charge is 0.465 e. The molecular weight excluding hydrogens is 370 g/mol. The molecule has 0 spiro atoms. The van der Waals surface area contributed by atoms with Crippen LogP contribution in [0.25, 0.3) is 0 Å². The van der Waals surface area contributed by atoms with Crippen LogP contribution in [-0.2, 0) is 20.8 Å². The predicted octanol–water partition coefficient (Wildman–Crippen LogP) is 2.38. The van der Waals surface area contributed by atoms with Gasteiger partial charge in [0.1, 0.15) is 0 Å². The van der Waals surface area contributed by atoms with Crippen molar-refractivity contribution in [3.8, 4) is 0 Å². The third kappa shape index (κ3) is 6.04. The number of ether oxygens (including phenoxy) is 2. The fourth-order valence-electron chi connectivity index (χ4n) is 3.30. The summed E-state index contributed by atoms with van der Waals surface area (Å²) in [5.74, 6) is -0.455. The Morgan fingerprint density at radius 2 is 1.86 bits per heavy atom. The third-order valence-electron chi connectivity index (χ3n) is 4.74. The summed E-state index contributed by atoms with van der Waals surface area (Å²) in [6, 6.07) is 15.1. The van der Waals surface area contributed by atoms with E-state index >= 15 is 0 Å². The lowest BCUT2D eigenvalue weighted by Crippen LogP contribution is -2.36. The molecule has 7 heteroatoms. The van der Waals surface area contributed by atoms with Crippen LogP contribution in [0.2, 0.25) is 0 Å². The second-order valence-electron chi connectivity index (χ2n) is 7.06. The monoisotopic (exact) mass is 397 g/mol. The highest BCUT2D eigenvalue weighted by molar-refractivity contribution is 5.92. The van der Waals surface area contributed by atoms with Crippen molar-refractivity contribution in [1.82, 2.24) is 4.90 Å². The molecule has 7 nitrogen and oxygen atoms in total. The molecule has 0 radical (unpaired) electrons. The number of benzene rings is 2. The molecule has 1 saturated heterocycles. The van der Waals surface area contributed by atoms with Crippen LogP contribution in [0.3, 0.4) is 0 Å². The van der Waals surface area contributed by atoms with E-state index < -0.39 is 0 Å². The fraction of sp³-hybridized carbons (Fsp3) is 0.364. The molecule has 0 bridgehead atoms. The molecule has 0 atom stereocenters. The number of methoxy groups -OCH3 is 1. The van der Waals surface area contributed by atoms with Crippen molar-refractivity contribution in [2.45, 2.75) is 6.54 Å². The SMILES string of the molecule is COC(=O)c1cccc(CN(C)CC(=O)Nc2ccc(N3CCOCC3)cc2)c1. The number of amides is 1. The lowest BCUT2D eigenvalue weighted by atomic mass is 10.1. The minimum atomic E-state index is -0.368. The first-order chi connectivity index (χ1) is 14.0. The number of hydrogen-bond donors (Lipinski definition) is 1. The molecule has 0 unspecified atom stereocenters. The van der Waals surface area contributed by atoms with Crippen molar-refractivity contribution in [2.75, 3.05) is 57.2 Å². The summed E-state index contributed by atoms with van der Waals surface area (Å²) in [5, 5.41) is 2.93. The first-order valence-electron chi connectivity index (χ1n) is 9.63. The fourth-order valence-corrected chi connectivity index (χ4v) is 3.30. The Balaban J connectivity index is 1.50. The highest BCUT2D eigenvalue weighted by Gasteiger charge is 2.12. The van der Waals surface area contributed by atoms with Gasteiger partial charge in [-0.25, -0.2) is 4.79 Å². The van der Waals surface area contributed by atoms with Crippen LogP contribution in [0.1, 0.15) is 15.9 Å². The molecule has 1 fully saturated rings.